The van der Waals surface area contributed by atoms with E-state index < -0.39 is 17.7 Å². The van der Waals surface area contributed by atoms with Crippen LogP contribution >= 0.6 is 0 Å². The van der Waals surface area contributed by atoms with Crippen LogP contribution in [0.25, 0.3) is 5.76 Å². The van der Waals surface area contributed by atoms with Crippen molar-refractivity contribution in [2.24, 2.45) is 0 Å². The van der Waals surface area contributed by atoms with Crippen molar-refractivity contribution in [1.82, 2.24) is 0 Å². The van der Waals surface area contributed by atoms with Gasteiger partial charge in [-0.1, -0.05) is 50.2 Å². The average Bonchev–Trinajstić information content (AvgIpc) is 3.09. The predicted molar refractivity (Wildman–Crippen MR) is 139 cm³/mol. The predicted octanol–water partition coefficient (Wildman–Crippen LogP) is 6.45. The lowest BCUT2D eigenvalue weighted by Crippen LogP contribution is -2.29. The molecule has 1 heterocycles. The lowest BCUT2D eigenvalue weighted by atomic mass is 9.91. The van der Waals surface area contributed by atoms with Gasteiger partial charge in [-0.3, -0.25) is 14.5 Å². The molecule has 0 bridgehead atoms. The van der Waals surface area contributed by atoms with E-state index in [9.17, 15) is 14.7 Å². The Bertz CT molecular complexity index is 1320. The highest BCUT2D eigenvalue weighted by atomic mass is 16.5. The van der Waals surface area contributed by atoms with Gasteiger partial charge in [-0.2, -0.15) is 0 Å². The second-order valence-corrected chi connectivity index (χ2v) is 9.21. The number of hydrogen-bond donors (Lipinski definition) is 1. The van der Waals surface area contributed by atoms with E-state index >= 15 is 0 Å². The highest BCUT2D eigenvalue weighted by Gasteiger charge is 2.47. The molecule has 35 heavy (non-hydrogen) atoms. The van der Waals surface area contributed by atoms with E-state index in [4.69, 9.17) is 4.74 Å². The van der Waals surface area contributed by atoms with Gasteiger partial charge in [-0.05, 0) is 79.3 Å². The summed E-state index contributed by atoms with van der Waals surface area (Å²) < 4.78 is 5.76. The summed E-state index contributed by atoms with van der Waals surface area (Å²) in [5.74, 6) is -0.643. The molecule has 0 aromatic heterocycles. The van der Waals surface area contributed by atoms with Gasteiger partial charge >= 0.3 is 0 Å². The van der Waals surface area contributed by atoms with Crippen LogP contribution in [0, 0.1) is 13.8 Å². The van der Waals surface area contributed by atoms with Crippen LogP contribution in [0.4, 0.5) is 5.69 Å². The summed E-state index contributed by atoms with van der Waals surface area (Å²) in [5.41, 5.74) is 4.82. The Labute approximate surface area is 206 Å². The van der Waals surface area contributed by atoms with Gasteiger partial charge in [0.15, 0.2) is 0 Å². The second kappa shape index (κ2) is 9.79. The van der Waals surface area contributed by atoms with Gasteiger partial charge in [0.2, 0.25) is 0 Å². The molecule has 0 radical (unpaired) electrons. The molecule has 3 aromatic rings. The van der Waals surface area contributed by atoms with Crippen LogP contribution in [0.5, 0.6) is 5.75 Å². The first-order chi connectivity index (χ1) is 16.7. The molecule has 3 aromatic carbocycles. The molecular weight excluding hydrogens is 438 g/mol. The molecule has 5 heteroatoms. The summed E-state index contributed by atoms with van der Waals surface area (Å²) >= 11 is 0. The van der Waals surface area contributed by atoms with Crippen molar-refractivity contribution >= 4 is 23.1 Å². The van der Waals surface area contributed by atoms with Crippen molar-refractivity contribution < 1.29 is 19.4 Å². The van der Waals surface area contributed by atoms with Crippen LogP contribution in [0.1, 0.15) is 60.5 Å². The number of nitrogens with zero attached hydrogens (tertiary/aromatic N) is 1. The Morgan fingerprint density at radius 1 is 1.00 bits per heavy atom. The number of rotatable bonds is 6. The van der Waals surface area contributed by atoms with Gasteiger partial charge in [0.05, 0.1) is 18.2 Å². The summed E-state index contributed by atoms with van der Waals surface area (Å²) in [6.45, 7) is 10.4. The van der Waals surface area contributed by atoms with E-state index in [1.807, 2.05) is 95.3 Å². The maximum Gasteiger partial charge on any atom is 0.300 e. The molecule has 1 aliphatic rings. The number of ketones is 1. The minimum absolute atomic E-state index is 0.0877. The monoisotopic (exact) mass is 469 g/mol. The molecule has 1 unspecified atom stereocenters. The highest BCUT2D eigenvalue weighted by molar-refractivity contribution is 6.51. The van der Waals surface area contributed by atoms with Gasteiger partial charge in [0.1, 0.15) is 11.5 Å². The number of anilines is 1. The summed E-state index contributed by atoms with van der Waals surface area (Å²) in [5, 5.41) is 11.5. The lowest BCUT2D eigenvalue weighted by molar-refractivity contribution is -0.132. The molecule has 5 nitrogen and oxygen atoms in total. The normalized spacial score (nSPS) is 17.3. The topological polar surface area (TPSA) is 66.8 Å². The molecule has 180 valence electrons. The van der Waals surface area contributed by atoms with E-state index in [-0.39, 0.29) is 17.3 Å². The number of ether oxygens (including phenoxy) is 1. The first kappa shape index (κ1) is 24.3. The van der Waals surface area contributed by atoms with Crippen LogP contribution in [-0.4, -0.2) is 23.4 Å². The number of hydrogen-bond acceptors (Lipinski definition) is 4. The molecule has 0 spiro atoms. The zero-order valence-corrected chi connectivity index (χ0v) is 20.8. The van der Waals surface area contributed by atoms with Crippen molar-refractivity contribution in [1.29, 1.82) is 0 Å². The van der Waals surface area contributed by atoms with Gasteiger partial charge < -0.3 is 9.84 Å². The fraction of sp³-hybridized carbons (Fsp3) is 0.267. The number of aryl methyl sites for hydroxylation is 2. The van der Waals surface area contributed by atoms with Crippen LogP contribution < -0.4 is 9.64 Å². The van der Waals surface area contributed by atoms with E-state index in [0.717, 1.165) is 28.0 Å². The van der Waals surface area contributed by atoms with Crippen molar-refractivity contribution in [2.75, 3.05) is 11.5 Å². The standard InChI is InChI=1S/C30H31NO4/c1-6-35-25-15-14-21(17-24(25)18(2)3)28(32)26-27(23-13-8-7-11-20(23)5)31(30(34)29(26)33)22-12-9-10-19(4)16-22/h7-18,27,32H,6H2,1-5H3/b28-26+. The molecular formula is C30H31NO4. The van der Waals surface area contributed by atoms with E-state index in [2.05, 4.69) is 0 Å². The average molecular weight is 470 g/mol. The smallest absolute Gasteiger partial charge is 0.300 e. The summed E-state index contributed by atoms with van der Waals surface area (Å²) in [4.78, 5) is 28.3. The third kappa shape index (κ3) is 4.46. The Morgan fingerprint density at radius 2 is 1.74 bits per heavy atom. The van der Waals surface area contributed by atoms with Crippen molar-refractivity contribution in [3.8, 4) is 5.75 Å². The van der Waals surface area contributed by atoms with Crippen LogP contribution in [-0.2, 0) is 9.59 Å². The fourth-order valence-electron chi connectivity index (χ4n) is 4.65. The summed E-state index contributed by atoms with van der Waals surface area (Å²) in [7, 11) is 0. The van der Waals surface area contributed by atoms with Crippen molar-refractivity contribution in [3.05, 3.63) is 100 Å². The maximum atomic E-state index is 13.4. The second-order valence-electron chi connectivity index (χ2n) is 9.21. The molecule has 1 amide bonds. The van der Waals surface area contributed by atoms with Gasteiger partial charge in [-0.25, -0.2) is 0 Å². The molecule has 0 aliphatic carbocycles. The van der Waals surface area contributed by atoms with Crippen molar-refractivity contribution in [2.45, 2.75) is 46.6 Å². The van der Waals surface area contributed by atoms with Crippen LogP contribution in [0.2, 0.25) is 0 Å². The molecule has 1 fully saturated rings. The number of benzene rings is 3. The van der Waals surface area contributed by atoms with E-state index in [1.165, 1.54) is 4.90 Å². The number of amides is 1. The molecule has 1 aliphatic heterocycles. The fourth-order valence-corrected chi connectivity index (χ4v) is 4.65. The highest BCUT2D eigenvalue weighted by Crippen LogP contribution is 2.43. The molecule has 1 N–H and O–H groups in total. The van der Waals surface area contributed by atoms with Gasteiger partial charge in [0, 0.05) is 11.3 Å². The Hall–Kier alpha value is -3.86. The minimum atomic E-state index is -0.743. The van der Waals surface area contributed by atoms with E-state index in [0.29, 0.717) is 17.9 Å². The quantitative estimate of drug-likeness (QED) is 0.256. The third-order valence-corrected chi connectivity index (χ3v) is 6.41. The molecule has 1 saturated heterocycles. The number of carbonyl (C=O) groups excluding carboxylic acids is 2. The zero-order chi connectivity index (χ0) is 25.3. The number of Topliss-reactive ketones (excluding diaryl/α,β-unsaturated/α-hetero) is 1. The zero-order valence-electron chi connectivity index (χ0n) is 20.8. The number of aliphatic hydroxyl groups is 1. The SMILES string of the molecule is CCOc1ccc(/C(O)=C2\C(=O)C(=O)N(c3cccc(C)c3)C2c2ccccc2C)cc1C(C)C. The summed E-state index contributed by atoms with van der Waals surface area (Å²) in [6.07, 6.45) is 0. The molecule has 1 atom stereocenters. The third-order valence-electron chi connectivity index (χ3n) is 6.41. The van der Waals surface area contributed by atoms with Gasteiger partial charge in [-0.15, -0.1) is 0 Å². The van der Waals surface area contributed by atoms with Crippen molar-refractivity contribution in [3.63, 3.8) is 0 Å². The lowest BCUT2D eigenvalue weighted by Gasteiger charge is -2.27. The molecule has 0 saturated carbocycles. The molecule has 4 rings (SSSR count). The first-order valence-corrected chi connectivity index (χ1v) is 11.9. The Kier molecular flexibility index (Phi) is 6.79. The minimum Gasteiger partial charge on any atom is -0.507 e. The maximum absolute atomic E-state index is 13.4. The van der Waals surface area contributed by atoms with E-state index in [1.54, 1.807) is 6.07 Å². The largest absolute Gasteiger partial charge is 0.507 e. The van der Waals surface area contributed by atoms with Crippen LogP contribution in [0.3, 0.4) is 0 Å². The number of aliphatic hydroxyl groups excluding tert-OH is 1. The first-order valence-electron chi connectivity index (χ1n) is 11.9. The van der Waals surface area contributed by atoms with Crippen LogP contribution in [0.15, 0.2) is 72.3 Å². The Balaban J connectivity index is 1.96. The Morgan fingerprint density at radius 3 is 2.40 bits per heavy atom. The van der Waals surface area contributed by atoms with Gasteiger partial charge in [0.25, 0.3) is 11.7 Å². The summed E-state index contributed by atoms with van der Waals surface area (Å²) in [6, 6.07) is 19.8. The number of carbonyl (C=O) groups is 2.